The summed E-state index contributed by atoms with van der Waals surface area (Å²) in [5.41, 5.74) is 2.77. The average Bonchev–Trinajstić information content (AvgIpc) is 2.90. The molecule has 2 aromatic rings. The van der Waals surface area contributed by atoms with Gasteiger partial charge < -0.3 is 5.32 Å². The summed E-state index contributed by atoms with van der Waals surface area (Å²) in [6.45, 7) is 0.474. The molecule has 106 valence electrons. The Bertz CT molecular complexity index is 503. The molecule has 0 radical (unpaired) electrons. The zero-order valence-corrected chi connectivity index (χ0v) is 11.5. The summed E-state index contributed by atoms with van der Waals surface area (Å²) in [6, 6.07) is 1.58. The van der Waals surface area contributed by atoms with E-state index in [9.17, 15) is 8.78 Å². The first kappa shape index (κ1) is 15.6. The van der Waals surface area contributed by atoms with E-state index >= 15 is 0 Å². The molecule has 0 aliphatic rings. The first-order valence-corrected chi connectivity index (χ1v) is 5.58. The van der Waals surface area contributed by atoms with E-state index in [4.69, 9.17) is 0 Å². The van der Waals surface area contributed by atoms with Gasteiger partial charge in [-0.3, -0.25) is 4.68 Å². The van der Waals surface area contributed by atoms with Crippen LogP contribution in [0.5, 0.6) is 0 Å². The summed E-state index contributed by atoms with van der Waals surface area (Å²) in [6.07, 6.45) is 3.07. The van der Waals surface area contributed by atoms with Crippen LogP contribution in [0.2, 0.25) is 0 Å². The van der Waals surface area contributed by atoms with Crippen molar-refractivity contribution in [2.24, 2.45) is 7.05 Å². The summed E-state index contributed by atoms with van der Waals surface area (Å²) in [4.78, 5) is 0. The highest BCUT2D eigenvalue weighted by molar-refractivity contribution is 5.85. The Morgan fingerprint density at radius 1 is 1.37 bits per heavy atom. The van der Waals surface area contributed by atoms with Crippen molar-refractivity contribution in [3.8, 4) is 0 Å². The quantitative estimate of drug-likeness (QED) is 0.917. The third kappa shape index (κ3) is 3.74. The van der Waals surface area contributed by atoms with Crippen molar-refractivity contribution in [1.82, 2.24) is 24.9 Å². The molecule has 0 fully saturated rings. The maximum atomic E-state index is 12.3. The molecular weight excluding hydrogens is 276 g/mol. The molecule has 19 heavy (non-hydrogen) atoms. The standard InChI is InChI=1S/C11H15F2N5.ClH/c1-8-5-15-17(2)10(8)7-14-6-9-3-4-18(16-9)11(12)13;/h3-5,11,14H,6-7H2,1-2H3;1H. The van der Waals surface area contributed by atoms with Gasteiger partial charge in [-0.05, 0) is 18.6 Å². The van der Waals surface area contributed by atoms with Crippen LogP contribution in [0.3, 0.4) is 0 Å². The van der Waals surface area contributed by atoms with E-state index in [0.717, 1.165) is 11.3 Å². The summed E-state index contributed by atoms with van der Waals surface area (Å²) in [7, 11) is 1.87. The number of hydrogen-bond acceptors (Lipinski definition) is 3. The highest BCUT2D eigenvalue weighted by Gasteiger charge is 2.08. The lowest BCUT2D eigenvalue weighted by atomic mass is 10.2. The molecule has 0 atom stereocenters. The van der Waals surface area contributed by atoms with E-state index in [-0.39, 0.29) is 12.4 Å². The van der Waals surface area contributed by atoms with Gasteiger partial charge in [-0.15, -0.1) is 12.4 Å². The normalized spacial score (nSPS) is 10.8. The molecule has 0 bridgehead atoms. The summed E-state index contributed by atoms with van der Waals surface area (Å²) >= 11 is 0. The maximum Gasteiger partial charge on any atom is 0.333 e. The Morgan fingerprint density at radius 2 is 2.11 bits per heavy atom. The Hall–Kier alpha value is -1.47. The van der Waals surface area contributed by atoms with Crippen LogP contribution in [-0.2, 0) is 20.1 Å². The number of aromatic nitrogens is 4. The zero-order valence-electron chi connectivity index (χ0n) is 10.7. The fourth-order valence-corrected chi connectivity index (χ4v) is 1.72. The van der Waals surface area contributed by atoms with Gasteiger partial charge in [0.25, 0.3) is 0 Å². The van der Waals surface area contributed by atoms with Crippen LogP contribution in [0.25, 0.3) is 0 Å². The monoisotopic (exact) mass is 291 g/mol. The van der Waals surface area contributed by atoms with Gasteiger partial charge >= 0.3 is 6.55 Å². The molecule has 8 heteroatoms. The number of hydrogen-bond donors (Lipinski definition) is 1. The average molecular weight is 292 g/mol. The third-order valence-corrected chi connectivity index (χ3v) is 2.73. The third-order valence-electron chi connectivity index (χ3n) is 2.73. The smallest absolute Gasteiger partial charge is 0.305 e. The lowest BCUT2D eigenvalue weighted by Crippen LogP contribution is -2.16. The molecule has 2 aromatic heterocycles. The highest BCUT2D eigenvalue weighted by Crippen LogP contribution is 2.09. The molecule has 0 saturated carbocycles. The van der Waals surface area contributed by atoms with Crippen LogP contribution in [0, 0.1) is 6.92 Å². The van der Waals surface area contributed by atoms with E-state index in [1.807, 2.05) is 14.0 Å². The number of nitrogens with zero attached hydrogens (tertiary/aromatic N) is 4. The molecule has 5 nitrogen and oxygen atoms in total. The molecule has 0 amide bonds. The topological polar surface area (TPSA) is 47.7 Å². The number of aryl methyl sites for hydroxylation is 2. The van der Waals surface area contributed by atoms with E-state index in [1.54, 1.807) is 16.9 Å². The first-order valence-electron chi connectivity index (χ1n) is 5.58. The van der Waals surface area contributed by atoms with Crippen molar-refractivity contribution >= 4 is 12.4 Å². The van der Waals surface area contributed by atoms with Crippen molar-refractivity contribution in [2.75, 3.05) is 0 Å². The molecular formula is C11H16ClF2N5. The van der Waals surface area contributed by atoms with Gasteiger partial charge in [-0.2, -0.15) is 19.0 Å². The van der Waals surface area contributed by atoms with Crippen molar-refractivity contribution in [3.63, 3.8) is 0 Å². The van der Waals surface area contributed by atoms with Crippen LogP contribution in [-0.4, -0.2) is 19.6 Å². The second kappa shape index (κ2) is 6.63. The number of nitrogens with one attached hydrogen (secondary N) is 1. The molecule has 0 unspecified atom stereocenters. The highest BCUT2D eigenvalue weighted by atomic mass is 35.5. The Labute approximate surface area is 116 Å². The summed E-state index contributed by atoms with van der Waals surface area (Å²) in [5.74, 6) is 0. The van der Waals surface area contributed by atoms with Gasteiger partial charge in [0.1, 0.15) is 0 Å². The van der Waals surface area contributed by atoms with Gasteiger partial charge in [-0.1, -0.05) is 0 Å². The molecule has 2 heterocycles. The second-order valence-corrected chi connectivity index (χ2v) is 4.07. The zero-order chi connectivity index (χ0) is 13.1. The van der Waals surface area contributed by atoms with Gasteiger partial charge in [0.2, 0.25) is 0 Å². The Balaban J connectivity index is 0.00000180. The predicted octanol–water partition coefficient (Wildman–Crippen LogP) is 2.03. The first-order chi connectivity index (χ1) is 8.58. The minimum atomic E-state index is -2.59. The van der Waals surface area contributed by atoms with Crippen molar-refractivity contribution in [3.05, 3.63) is 35.4 Å². The summed E-state index contributed by atoms with van der Waals surface area (Å²) in [5, 5.41) is 11.0. The van der Waals surface area contributed by atoms with Gasteiger partial charge in [-0.25, -0.2) is 4.68 Å². The predicted molar refractivity (Wildman–Crippen MR) is 69.2 cm³/mol. The fourth-order valence-electron chi connectivity index (χ4n) is 1.72. The molecule has 0 aliphatic carbocycles. The van der Waals surface area contributed by atoms with E-state index in [1.165, 1.54) is 6.20 Å². The molecule has 1 N–H and O–H groups in total. The van der Waals surface area contributed by atoms with Gasteiger partial charge in [0.15, 0.2) is 0 Å². The second-order valence-electron chi connectivity index (χ2n) is 4.07. The molecule has 2 rings (SSSR count). The van der Waals surface area contributed by atoms with E-state index in [0.29, 0.717) is 23.5 Å². The lowest BCUT2D eigenvalue weighted by molar-refractivity contribution is 0.0561. The molecule has 0 aromatic carbocycles. The minimum absolute atomic E-state index is 0. The van der Waals surface area contributed by atoms with Crippen molar-refractivity contribution in [2.45, 2.75) is 26.6 Å². The maximum absolute atomic E-state index is 12.3. The largest absolute Gasteiger partial charge is 0.333 e. The number of halogens is 3. The fraction of sp³-hybridized carbons (Fsp3) is 0.455. The van der Waals surface area contributed by atoms with E-state index in [2.05, 4.69) is 15.5 Å². The van der Waals surface area contributed by atoms with Crippen LogP contribution in [0.1, 0.15) is 23.5 Å². The number of rotatable bonds is 5. The minimum Gasteiger partial charge on any atom is -0.305 e. The van der Waals surface area contributed by atoms with Crippen molar-refractivity contribution < 1.29 is 8.78 Å². The summed E-state index contributed by atoms with van der Waals surface area (Å²) < 4.78 is 27.0. The SMILES string of the molecule is Cc1cnn(C)c1CNCc1ccn(C(F)F)n1.Cl. The van der Waals surface area contributed by atoms with Crippen LogP contribution < -0.4 is 5.32 Å². The van der Waals surface area contributed by atoms with Gasteiger partial charge in [0, 0.05) is 26.3 Å². The van der Waals surface area contributed by atoms with Gasteiger partial charge in [0.05, 0.1) is 17.6 Å². The van der Waals surface area contributed by atoms with E-state index < -0.39 is 6.55 Å². The van der Waals surface area contributed by atoms with Crippen molar-refractivity contribution in [1.29, 1.82) is 0 Å². The molecule has 0 saturated heterocycles. The Morgan fingerprint density at radius 3 is 2.63 bits per heavy atom. The van der Waals surface area contributed by atoms with Crippen LogP contribution in [0.4, 0.5) is 8.78 Å². The molecule has 0 spiro atoms. The molecule has 0 aliphatic heterocycles. The van der Waals surface area contributed by atoms with Crippen LogP contribution in [0.15, 0.2) is 18.5 Å². The Kier molecular flexibility index (Phi) is 5.44. The number of alkyl halides is 2. The lowest BCUT2D eigenvalue weighted by Gasteiger charge is -2.05. The van der Waals surface area contributed by atoms with Crippen LogP contribution >= 0.6 is 12.4 Å².